The fourth-order valence-electron chi connectivity index (χ4n) is 3.61. The van der Waals surface area contributed by atoms with E-state index in [0.29, 0.717) is 6.04 Å². The van der Waals surface area contributed by atoms with Gasteiger partial charge in [0.2, 0.25) is 0 Å². The first-order chi connectivity index (χ1) is 10.0. The van der Waals surface area contributed by atoms with Crippen molar-refractivity contribution in [1.29, 1.82) is 0 Å². The summed E-state index contributed by atoms with van der Waals surface area (Å²) in [5.41, 5.74) is 2.60. The Kier molecular flexibility index (Phi) is 6.13. The monoisotopic (exact) mass is 307 g/mol. The molecule has 1 fully saturated rings. The number of nitrogens with one attached hydrogen (secondary N) is 1. The van der Waals surface area contributed by atoms with Crippen molar-refractivity contribution in [3.05, 3.63) is 34.3 Å². The second kappa shape index (κ2) is 7.65. The van der Waals surface area contributed by atoms with E-state index in [1.54, 1.807) is 0 Å². The number of benzene rings is 1. The SMILES string of the molecule is CCCNC(c1ccc(Cl)c(C)c1)C1CCC(C)C(C)C1. The summed E-state index contributed by atoms with van der Waals surface area (Å²) in [7, 11) is 0. The second-order valence-corrected chi connectivity index (χ2v) is 7.38. The van der Waals surface area contributed by atoms with Gasteiger partial charge >= 0.3 is 0 Å². The molecule has 0 saturated heterocycles. The van der Waals surface area contributed by atoms with Crippen LogP contribution in [0.15, 0.2) is 18.2 Å². The predicted octanol–water partition coefficient (Wildman–Crippen LogP) is 5.76. The Balaban J connectivity index is 2.19. The van der Waals surface area contributed by atoms with Crippen molar-refractivity contribution in [3.63, 3.8) is 0 Å². The lowest BCUT2D eigenvalue weighted by Gasteiger charge is -2.37. The van der Waals surface area contributed by atoms with Crippen molar-refractivity contribution in [2.45, 2.75) is 59.4 Å². The molecule has 0 amide bonds. The van der Waals surface area contributed by atoms with Crippen LogP contribution in [0, 0.1) is 24.7 Å². The maximum atomic E-state index is 6.20. The topological polar surface area (TPSA) is 12.0 Å². The van der Waals surface area contributed by atoms with E-state index in [1.165, 1.54) is 36.8 Å². The van der Waals surface area contributed by atoms with Crippen LogP contribution in [0.4, 0.5) is 0 Å². The number of aryl methyl sites for hydroxylation is 1. The van der Waals surface area contributed by atoms with Crippen LogP contribution in [0.3, 0.4) is 0 Å². The summed E-state index contributed by atoms with van der Waals surface area (Å²) in [6, 6.07) is 7.03. The molecule has 1 aliphatic rings. The average molecular weight is 308 g/mol. The third kappa shape index (κ3) is 4.23. The summed E-state index contributed by atoms with van der Waals surface area (Å²) in [5.74, 6) is 2.46. The standard InChI is InChI=1S/C19H30ClN/c1-5-10-21-19(16-7-6-13(2)14(3)11-16)17-8-9-18(20)15(4)12-17/h8-9,12-14,16,19,21H,5-7,10-11H2,1-4H3. The average Bonchev–Trinajstić information content (AvgIpc) is 2.46. The van der Waals surface area contributed by atoms with Crippen LogP contribution >= 0.6 is 11.6 Å². The molecule has 0 aliphatic heterocycles. The maximum Gasteiger partial charge on any atom is 0.0435 e. The molecule has 1 saturated carbocycles. The van der Waals surface area contributed by atoms with E-state index >= 15 is 0 Å². The van der Waals surface area contributed by atoms with Crippen LogP contribution in [-0.2, 0) is 0 Å². The highest BCUT2D eigenvalue weighted by atomic mass is 35.5. The minimum atomic E-state index is 0.482. The van der Waals surface area contributed by atoms with Crippen LogP contribution in [-0.4, -0.2) is 6.54 Å². The summed E-state index contributed by atoms with van der Waals surface area (Å²) in [6.07, 6.45) is 5.23. The zero-order valence-corrected chi connectivity index (χ0v) is 14.7. The fourth-order valence-corrected chi connectivity index (χ4v) is 3.73. The van der Waals surface area contributed by atoms with Gasteiger partial charge in [0, 0.05) is 11.1 Å². The van der Waals surface area contributed by atoms with Crippen LogP contribution in [0.25, 0.3) is 0 Å². The molecule has 4 unspecified atom stereocenters. The Labute approximate surface area is 135 Å². The molecule has 0 heterocycles. The van der Waals surface area contributed by atoms with Crippen LogP contribution in [0.1, 0.15) is 63.6 Å². The van der Waals surface area contributed by atoms with E-state index in [4.69, 9.17) is 11.6 Å². The highest BCUT2D eigenvalue weighted by molar-refractivity contribution is 6.31. The summed E-state index contributed by atoms with van der Waals surface area (Å²) >= 11 is 6.20. The summed E-state index contributed by atoms with van der Waals surface area (Å²) in [4.78, 5) is 0. The zero-order chi connectivity index (χ0) is 15.4. The quantitative estimate of drug-likeness (QED) is 0.729. The molecular weight excluding hydrogens is 278 g/mol. The Hall–Kier alpha value is -0.530. The van der Waals surface area contributed by atoms with Gasteiger partial charge in [-0.3, -0.25) is 0 Å². The highest BCUT2D eigenvalue weighted by Crippen LogP contribution is 2.40. The van der Waals surface area contributed by atoms with Gasteiger partial charge in [-0.2, -0.15) is 0 Å². The molecule has 1 aromatic rings. The molecule has 2 rings (SSSR count). The van der Waals surface area contributed by atoms with Crippen molar-refractivity contribution >= 4 is 11.6 Å². The normalized spacial score (nSPS) is 27.6. The van der Waals surface area contributed by atoms with Gasteiger partial charge in [0.25, 0.3) is 0 Å². The largest absolute Gasteiger partial charge is 0.310 e. The lowest BCUT2D eigenvalue weighted by molar-refractivity contribution is 0.171. The fraction of sp³-hybridized carbons (Fsp3) is 0.684. The third-order valence-electron chi connectivity index (χ3n) is 5.27. The molecule has 2 heteroatoms. The van der Waals surface area contributed by atoms with E-state index in [9.17, 15) is 0 Å². The predicted molar refractivity (Wildman–Crippen MR) is 92.9 cm³/mol. The lowest BCUT2D eigenvalue weighted by atomic mass is 9.72. The van der Waals surface area contributed by atoms with Crippen molar-refractivity contribution in [2.24, 2.45) is 17.8 Å². The minimum Gasteiger partial charge on any atom is -0.310 e. The third-order valence-corrected chi connectivity index (χ3v) is 5.69. The Morgan fingerprint density at radius 3 is 2.62 bits per heavy atom. The number of hydrogen-bond donors (Lipinski definition) is 1. The number of rotatable bonds is 5. The van der Waals surface area contributed by atoms with Gasteiger partial charge in [-0.1, -0.05) is 50.9 Å². The van der Waals surface area contributed by atoms with Gasteiger partial charge in [0.15, 0.2) is 0 Å². The molecule has 1 nitrogen and oxygen atoms in total. The van der Waals surface area contributed by atoms with Crippen LogP contribution in [0.5, 0.6) is 0 Å². The van der Waals surface area contributed by atoms with Gasteiger partial charge in [-0.05, 0) is 67.7 Å². The first-order valence-corrected chi connectivity index (χ1v) is 8.90. The van der Waals surface area contributed by atoms with E-state index < -0.39 is 0 Å². The number of halogens is 1. The van der Waals surface area contributed by atoms with Gasteiger partial charge < -0.3 is 5.32 Å². The molecule has 1 aromatic carbocycles. The molecule has 1 aliphatic carbocycles. The molecular formula is C19H30ClN. The lowest BCUT2D eigenvalue weighted by Crippen LogP contribution is -2.33. The molecule has 118 valence electrons. The van der Waals surface area contributed by atoms with E-state index in [1.807, 2.05) is 0 Å². The van der Waals surface area contributed by atoms with Gasteiger partial charge in [-0.25, -0.2) is 0 Å². The molecule has 21 heavy (non-hydrogen) atoms. The summed E-state index contributed by atoms with van der Waals surface area (Å²) < 4.78 is 0. The Bertz CT molecular complexity index is 457. The van der Waals surface area contributed by atoms with E-state index in [0.717, 1.165) is 29.3 Å². The van der Waals surface area contributed by atoms with Crippen LogP contribution < -0.4 is 5.32 Å². The second-order valence-electron chi connectivity index (χ2n) is 6.97. The Morgan fingerprint density at radius 1 is 1.24 bits per heavy atom. The molecule has 0 radical (unpaired) electrons. The van der Waals surface area contributed by atoms with E-state index in [-0.39, 0.29) is 0 Å². The molecule has 1 N–H and O–H groups in total. The van der Waals surface area contributed by atoms with E-state index in [2.05, 4.69) is 51.2 Å². The molecule has 0 aromatic heterocycles. The maximum absolute atomic E-state index is 6.20. The van der Waals surface area contributed by atoms with Crippen molar-refractivity contribution in [3.8, 4) is 0 Å². The number of hydrogen-bond acceptors (Lipinski definition) is 1. The summed E-state index contributed by atoms with van der Waals surface area (Å²) in [5, 5.41) is 4.67. The summed E-state index contributed by atoms with van der Waals surface area (Å²) in [6.45, 7) is 10.3. The molecule has 0 spiro atoms. The highest BCUT2D eigenvalue weighted by Gasteiger charge is 2.30. The smallest absolute Gasteiger partial charge is 0.0435 e. The van der Waals surface area contributed by atoms with Crippen molar-refractivity contribution < 1.29 is 0 Å². The molecule has 0 bridgehead atoms. The minimum absolute atomic E-state index is 0.482. The van der Waals surface area contributed by atoms with Gasteiger partial charge in [-0.15, -0.1) is 0 Å². The van der Waals surface area contributed by atoms with Gasteiger partial charge in [0.1, 0.15) is 0 Å². The first kappa shape index (κ1) is 16.8. The van der Waals surface area contributed by atoms with Gasteiger partial charge in [0.05, 0.1) is 0 Å². The first-order valence-electron chi connectivity index (χ1n) is 8.52. The zero-order valence-electron chi connectivity index (χ0n) is 14.0. The van der Waals surface area contributed by atoms with Crippen molar-refractivity contribution in [1.82, 2.24) is 5.32 Å². The van der Waals surface area contributed by atoms with Crippen LogP contribution in [0.2, 0.25) is 5.02 Å². The van der Waals surface area contributed by atoms with Crippen molar-refractivity contribution in [2.75, 3.05) is 6.54 Å². The molecule has 4 atom stereocenters. The Morgan fingerprint density at radius 2 is 2.00 bits per heavy atom.